The zero-order chi connectivity index (χ0) is 11.1. The van der Waals surface area contributed by atoms with E-state index in [1.807, 2.05) is 27.7 Å². The number of hydrogen-bond acceptors (Lipinski definition) is 2. The van der Waals surface area contributed by atoms with Crippen molar-refractivity contribution in [3.05, 3.63) is 0 Å². The second kappa shape index (κ2) is 6.74. The van der Waals surface area contributed by atoms with Gasteiger partial charge in [0.15, 0.2) is 0 Å². The summed E-state index contributed by atoms with van der Waals surface area (Å²) in [4.78, 5) is 23.2. The molecule has 2 unspecified atom stereocenters. The van der Waals surface area contributed by atoms with Crippen LogP contribution in [0.5, 0.6) is 0 Å². The third-order valence-electron chi connectivity index (χ3n) is 2.89. The van der Waals surface area contributed by atoms with Crippen molar-refractivity contribution in [1.29, 1.82) is 0 Å². The van der Waals surface area contributed by atoms with Crippen LogP contribution in [-0.2, 0) is 9.59 Å². The van der Waals surface area contributed by atoms with E-state index < -0.39 is 0 Å². The molecule has 0 spiro atoms. The second-order valence-corrected chi connectivity index (χ2v) is 3.67. The molecule has 0 heterocycles. The molecule has 2 heteroatoms. The molecule has 0 aromatic rings. The summed E-state index contributed by atoms with van der Waals surface area (Å²) in [6.07, 6.45) is 2.67. The maximum Gasteiger partial charge on any atom is 0.136 e. The lowest BCUT2D eigenvalue weighted by atomic mass is 9.80. The molecule has 0 bridgehead atoms. The Morgan fingerprint density at radius 2 is 1.07 bits per heavy atom. The van der Waals surface area contributed by atoms with E-state index in [1.54, 1.807) is 0 Å². The molecule has 0 N–H and O–H groups in total. The highest BCUT2D eigenvalue weighted by Crippen LogP contribution is 2.23. The largest absolute Gasteiger partial charge is 0.299 e. The van der Waals surface area contributed by atoms with Crippen LogP contribution in [0.15, 0.2) is 0 Å². The number of rotatable bonds is 7. The lowest BCUT2D eigenvalue weighted by Crippen LogP contribution is -2.28. The summed E-state index contributed by atoms with van der Waals surface area (Å²) >= 11 is 0. The van der Waals surface area contributed by atoms with Crippen LogP contribution in [-0.4, -0.2) is 11.6 Å². The summed E-state index contributed by atoms with van der Waals surface area (Å²) in [5, 5.41) is 0. The molecule has 0 fully saturated rings. The molecule has 14 heavy (non-hydrogen) atoms. The topological polar surface area (TPSA) is 34.1 Å². The summed E-state index contributed by atoms with van der Waals surface area (Å²) < 4.78 is 0. The number of hydrogen-bond donors (Lipinski definition) is 0. The van der Waals surface area contributed by atoms with Gasteiger partial charge in [-0.25, -0.2) is 0 Å². The Bertz CT molecular complexity index is 174. The van der Waals surface area contributed by atoms with Crippen LogP contribution in [0, 0.1) is 11.8 Å². The highest BCUT2D eigenvalue weighted by atomic mass is 16.1. The molecule has 82 valence electrons. The molecule has 0 aliphatic heterocycles. The van der Waals surface area contributed by atoms with Gasteiger partial charge < -0.3 is 0 Å². The van der Waals surface area contributed by atoms with Crippen molar-refractivity contribution in [3.8, 4) is 0 Å². The first kappa shape index (κ1) is 13.3. The van der Waals surface area contributed by atoms with Gasteiger partial charge in [-0.1, -0.05) is 27.7 Å². The average molecular weight is 198 g/mol. The van der Waals surface area contributed by atoms with Crippen LogP contribution in [0.25, 0.3) is 0 Å². The SMILES string of the molecule is CCC(=O)C(CC)C(CC)C(=O)CC. The van der Waals surface area contributed by atoms with E-state index in [-0.39, 0.29) is 23.4 Å². The third kappa shape index (κ3) is 3.24. The lowest BCUT2D eigenvalue weighted by molar-refractivity contribution is -0.132. The van der Waals surface area contributed by atoms with Crippen molar-refractivity contribution in [1.82, 2.24) is 0 Å². The molecule has 2 atom stereocenters. The van der Waals surface area contributed by atoms with Gasteiger partial charge in [-0.05, 0) is 12.8 Å². The first-order valence-corrected chi connectivity index (χ1v) is 5.67. The Morgan fingerprint density at radius 1 is 0.786 bits per heavy atom. The molecule has 0 radical (unpaired) electrons. The molecule has 0 saturated carbocycles. The van der Waals surface area contributed by atoms with E-state index in [0.29, 0.717) is 12.8 Å². The average Bonchev–Trinajstić information content (AvgIpc) is 2.23. The van der Waals surface area contributed by atoms with Crippen molar-refractivity contribution in [2.45, 2.75) is 53.4 Å². The van der Waals surface area contributed by atoms with E-state index >= 15 is 0 Å². The van der Waals surface area contributed by atoms with Gasteiger partial charge in [0.05, 0.1) is 0 Å². The van der Waals surface area contributed by atoms with Crippen molar-refractivity contribution >= 4 is 11.6 Å². The second-order valence-electron chi connectivity index (χ2n) is 3.67. The molecule has 0 aromatic carbocycles. The Hall–Kier alpha value is -0.660. The van der Waals surface area contributed by atoms with E-state index in [0.717, 1.165) is 12.8 Å². The first-order valence-electron chi connectivity index (χ1n) is 5.67. The number of carbonyl (C=O) groups excluding carboxylic acids is 2. The van der Waals surface area contributed by atoms with Gasteiger partial charge >= 0.3 is 0 Å². The van der Waals surface area contributed by atoms with Crippen molar-refractivity contribution in [2.24, 2.45) is 11.8 Å². The normalized spacial score (nSPS) is 14.9. The molecule has 0 amide bonds. The van der Waals surface area contributed by atoms with E-state index in [4.69, 9.17) is 0 Å². The molecule has 2 nitrogen and oxygen atoms in total. The Kier molecular flexibility index (Phi) is 6.43. The predicted molar refractivity (Wildman–Crippen MR) is 58.2 cm³/mol. The summed E-state index contributed by atoms with van der Waals surface area (Å²) in [7, 11) is 0. The van der Waals surface area contributed by atoms with Gasteiger partial charge in [-0.15, -0.1) is 0 Å². The Balaban J connectivity index is 4.60. The fourth-order valence-corrected chi connectivity index (χ4v) is 2.00. The van der Waals surface area contributed by atoms with E-state index in [2.05, 4.69) is 0 Å². The van der Waals surface area contributed by atoms with E-state index in [1.165, 1.54) is 0 Å². The van der Waals surface area contributed by atoms with Crippen LogP contribution in [0.2, 0.25) is 0 Å². The van der Waals surface area contributed by atoms with Crippen LogP contribution in [0.4, 0.5) is 0 Å². The molecule has 0 aliphatic rings. The quantitative estimate of drug-likeness (QED) is 0.630. The van der Waals surface area contributed by atoms with Gasteiger partial charge in [-0.3, -0.25) is 9.59 Å². The lowest BCUT2D eigenvalue weighted by Gasteiger charge is -2.21. The minimum Gasteiger partial charge on any atom is -0.299 e. The molecular weight excluding hydrogens is 176 g/mol. The predicted octanol–water partition coefficient (Wildman–Crippen LogP) is 3.00. The number of Topliss-reactive ketones (excluding diaryl/α,β-unsaturated/α-hetero) is 2. The number of carbonyl (C=O) groups is 2. The molecular formula is C12H22O2. The van der Waals surface area contributed by atoms with Gasteiger partial charge in [0.1, 0.15) is 11.6 Å². The highest BCUT2D eigenvalue weighted by molar-refractivity contribution is 5.89. The monoisotopic (exact) mass is 198 g/mol. The van der Waals surface area contributed by atoms with Crippen molar-refractivity contribution in [2.75, 3.05) is 0 Å². The zero-order valence-electron chi connectivity index (χ0n) is 9.80. The molecule has 0 rings (SSSR count). The van der Waals surface area contributed by atoms with Gasteiger partial charge in [0, 0.05) is 24.7 Å². The summed E-state index contributed by atoms with van der Waals surface area (Å²) in [6, 6.07) is 0. The third-order valence-corrected chi connectivity index (χ3v) is 2.89. The van der Waals surface area contributed by atoms with Crippen molar-refractivity contribution < 1.29 is 9.59 Å². The molecule has 0 saturated heterocycles. The minimum atomic E-state index is -0.0440. The maximum absolute atomic E-state index is 11.6. The summed E-state index contributed by atoms with van der Waals surface area (Å²) in [5.74, 6) is 0.386. The smallest absolute Gasteiger partial charge is 0.136 e. The van der Waals surface area contributed by atoms with Crippen molar-refractivity contribution in [3.63, 3.8) is 0 Å². The Morgan fingerprint density at radius 3 is 1.21 bits per heavy atom. The van der Waals surface area contributed by atoms with Gasteiger partial charge in [0.25, 0.3) is 0 Å². The first-order chi connectivity index (χ1) is 6.62. The van der Waals surface area contributed by atoms with E-state index in [9.17, 15) is 9.59 Å². The van der Waals surface area contributed by atoms with Crippen LogP contribution < -0.4 is 0 Å². The van der Waals surface area contributed by atoms with Crippen LogP contribution >= 0.6 is 0 Å². The van der Waals surface area contributed by atoms with Crippen LogP contribution in [0.3, 0.4) is 0 Å². The fraction of sp³-hybridized carbons (Fsp3) is 0.833. The standard InChI is InChI=1S/C12H22O2/c1-5-9(11(13)7-3)10(6-2)12(14)8-4/h9-10H,5-8H2,1-4H3. The molecule has 0 aliphatic carbocycles. The molecule has 0 aromatic heterocycles. The summed E-state index contributed by atoms with van der Waals surface area (Å²) in [5.41, 5.74) is 0. The fourth-order valence-electron chi connectivity index (χ4n) is 2.00. The highest BCUT2D eigenvalue weighted by Gasteiger charge is 2.28. The maximum atomic E-state index is 11.6. The zero-order valence-corrected chi connectivity index (χ0v) is 9.80. The number of ketones is 2. The van der Waals surface area contributed by atoms with Crippen LogP contribution in [0.1, 0.15) is 53.4 Å². The van der Waals surface area contributed by atoms with Gasteiger partial charge in [-0.2, -0.15) is 0 Å². The summed E-state index contributed by atoms with van der Waals surface area (Å²) in [6.45, 7) is 7.72. The minimum absolute atomic E-state index is 0.0440. The Labute approximate surface area is 87.1 Å². The van der Waals surface area contributed by atoms with Gasteiger partial charge in [0.2, 0.25) is 0 Å².